The van der Waals surface area contributed by atoms with Crippen molar-refractivity contribution < 1.29 is 9.59 Å². The first-order valence-electron chi connectivity index (χ1n) is 10.7. The van der Waals surface area contributed by atoms with Crippen molar-refractivity contribution in [2.45, 2.75) is 19.4 Å². The third-order valence-electron chi connectivity index (χ3n) is 5.74. The highest BCUT2D eigenvalue weighted by atomic mass is 32.2. The van der Waals surface area contributed by atoms with Gasteiger partial charge in [-0.3, -0.25) is 4.79 Å². The highest BCUT2D eigenvalue weighted by molar-refractivity contribution is 7.99. The Morgan fingerprint density at radius 2 is 1.90 bits per heavy atom. The number of thioether (sulfide) groups is 1. The highest BCUT2D eigenvalue weighted by Gasteiger charge is 2.30. The smallest absolute Gasteiger partial charge is 0.317 e. The Bertz CT molecular complexity index is 1100. The summed E-state index contributed by atoms with van der Waals surface area (Å²) < 4.78 is 0. The van der Waals surface area contributed by atoms with E-state index in [1.807, 2.05) is 59.3 Å². The van der Waals surface area contributed by atoms with Crippen LogP contribution in [0, 0.1) is 5.92 Å². The number of nitrogens with one attached hydrogen (secondary N) is 3. The number of rotatable bonds is 5. The van der Waals surface area contributed by atoms with Crippen molar-refractivity contribution >= 4 is 40.6 Å². The van der Waals surface area contributed by atoms with Gasteiger partial charge in [0, 0.05) is 48.6 Å². The lowest BCUT2D eigenvalue weighted by Crippen LogP contribution is -2.44. The lowest BCUT2D eigenvalue weighted by molar-refractivity contribution is -0.117. The number of pyridine rings is 1. The lowest BCUT2D eigenvalue weighted by Gasteiger charge is -2.26. The van der Waals surface area contributed by atoms with Gasteiger partial charge in [0.2, 0.25) is 5.91 Å². The number of benzene rings is 1. The van der Waals surface area contributed by atoms with Crippen molar-refractivity contribution in [1.29, 1.82) is 0 Å². The minimum Gasteiger partial charge on any atom is -0.346 e. The average molecular weight is 436 g/mol. The molecule has 0 radical (unpaired) electrons. The Morgan fingerprint density at radius 1 is 1.13 bits per heavy atom. The Hall–Kier alpha value is -3.00. The maximum atomic E-state index is 12.3. The van der Waals surface area contributed by atoms with Gasteiger partial charge in [-0.15, -0.1) is 0 Å². The van der Waals surface area contributed by atoms with Crippen molar-refractivity contribution in [3.8, 4) is 11.1 Å². The molecule has 3 N–H and O–H groups in total. The molecular formula is C23H25N5O2S. The number of hydrogen-bond donors (Lipinski definition) is 3. The Kier molecular flexibility index (Phi) is 5.55. The Labute approximate surface area is 185 Å². The normalized spacial score (nSPS) is 16.3. The minimum absolute atomic E-state index is 0.00332. The van der Waals surface area contributed by atoms with E-state index in [-0.39, 0.29) is 17.9 Å². The number of anilines is 1. The van der Waals surface area contributed by atoms with E-state index in [1.165, 1.54) is 0 Å². The van der Waals surface area contributed by atoms with Crippen LogP contribution in [-0.2, 0) is 11.3 Å². The van der Waals surface area contributed by atoms with E-state index in [4.69, 9.17) is 0 Å². The molecule has 8 heteroatoms. The summed E-state index contributed by atoms with van der Waals surface area (Å²) >= 11 is 1.89. The summed E-state index contributed by atoms with van der Waals surface area (Å²) in [4.78, 5) is 34.1. The predicted molar refractivity (Wildman–Crippen MR) is 124 cm³/mol. The first-order chi connectivity index (χ1) is 15.2. The summed E-state index contributed by atoms with van der Waals surface area (Å²) in [5.41, 5.74) is 3.85. The fourth-order valence-corrected chi connectivity index (χ4v) is 4.68. The van der Waals surface area contributed by atoms with Crippen LogP contribution in [0.2, 0.25) is 0 Å². The Balaban J connectivity index is 1.31. The molecule has 1 aliphatic carbocycles. The number of urea groups is 1. The van der Waals surface area contributed by atoms with E-state index < -0.39 is 0 Å². The SMILES string of the molecule is O=C(Nc1cc(-c2ccc(CNC(=O)N3CCSCC3)cc2)c2cc[nH]c2n1)C1CC1. The summed E-state index contributed by atoms with van der Waals surface area (Å²) in [7, 11) is 0. The molecule has 3 aromatic rings. The van der Waals surface area contributed by atoms with Gasteiger partial charge in [-0.25, -0.2) is 9.78 Å². The fraction of sp³-hybridized carbons (Fsp3) is 0.348. The molecule has 1 saturated carbocycles. The van der Waals surface area contributed by atoms with Crippen molar-refractivity contribution in [2.24, 2.45) is 5.92 Å². The summed E-state index contributed by atoms with van der Waals surface area (Å²) in [5.74, 6) is 2.75. The molecule has 7 nitrogen and oxygen atoms in total. The molecule has 0 bridgehead atoms. The van der Waals surface area contributed by atoms with E-state index in [2.05, 4.69) is 20.6 Å². The van der Waals surface area contributed by atoms with Gasteiger partial charge in [-0.2, -0.15) is 11.8 Å². The number of nitrogens with zero attached hydrogens (tertiary/aromatic N) is 2. The van der Waals surface area contributed by atoms with Gasteiger partial charge in [0.15, 0.2) is 0 Å². The van der Waals surface area contributed by atoms with E-state index >= 15 is 0 Å². The monoisotopic (exact) mass is 435 g/mol. The zero-order valence-electron chi connectivity index (χ0n) is 17.2. The molecule has 2 fully saturated rings. The van der Waals surface area contributed by atoms with Crippen molar-refractivity contribution in [3.63, 3.8) is 0 Å². The first kappa shape index (κ1) is 19.9. The van der Waals surface area contributed by atoms with Gasteiger partial charge in [-0.1, -0.05) is 24.3 Å². The van der Waals surface area contributed by atoms with Crippen molar-refractivity contribution in [3.05, 3.63) is 48.2 Å². The fourth-order valence-electron chi connectivity index (χ4n) is 3.77. The van der Waals surface area contributed by atoms with Crippen LogP contribution < -0.4 is 10.6 Å². The maximum absolute atomic E-state index is 12.3. The molecule has 3 heterocycles. The second kappa shape index (κ2) is 8.63. The number of H-pyrrole nitrogens is 1. The van der Waals surface area contributed by atoms with Crippen LogP contribution in [0.15, 0.2) is 42.6 Å². The number of carbonyl (C=O) groups is 2. The number of amides is 3. The molecule has 2 aliphatic rings. The minimum atomic E-state index is 0.00332. The number of aromatic nitrogens is 2. The number of fused-ring (bicyclic) bond motifs is 1. The van der Waals surface area contributed by atoms with E-state index in [0.717, 1.165) is 65.2 Å². The highest BCUT2D eigenvalue weighted by Crippen LogP contribution is 2.33. The maximum Gasteiger partial charge on any atom is 0.317 e. The summed E-state index contributed by atoms with van der Waals surface area (Å²) in [6.45, 7) is 2.12. The zero-order chi connectivity index (χ0) is 21.2. The Morgan fingerprint density at radius 3 is 2.65 bits per heavy atom. The third-order valence-corrected chi connectivity index (χ3v) is 6.68. The van der Waals surface area contributed by atoms with Gasteiger partial charge in [0.1, 0.15) is 11.5 Å². The zero-order valence-corrected chi connectivity index (χ0v) is 18.0. The van der Waals surface area contributed by atoms with E-state index in [0.29, 0.717) is 12.4 Å². The summed E-state index contributed by atoms with van der Waals surface area (Å²) in [6.07, 6.45) is 3.77. The quantitative estimate of drug-likeness (QED) is 0.568. The second-order valence-electron chi connectivity index (χ2n) is 8.01. The number of hydrogen-bond acceptors (Lipinski definition) is 4. The molecule has 3 amide bonds. The van der Waals surface area contributed by atoms with Crippen LogP contribution in [0.1, 0.15) is 18.4 Å². The van der Waals surface area contributed by atoms with E-state index in [9.17, 15) is 9.59 Å². The summed E-state index contributed by atoms with van der Waals surface area (Å²) in [5, 5.41) is 6.97. The molecule has 31 heavy (non-hydrogen) atoms. The largest absolute Gasteiger partial charge is 0.346 e. The molecule has 1 saturated heterocycles. The summed E-state index contributed by atoms with van der Waals surface area (Å²) in [6, 6.07) is 12.1. The molecular weight excluding hydrogens is 410 g/mol. The van der Waals surface area contributed by atoms with Gasteiger partial charge in [0.05, 0.1) is 0 Å². The third kappa shape index (κ3) is 4.54. The van der Waals surface area contributed by atoms with Crippen LogP contribution in [0.4, 0.5) is 10.6 Å². The predicted octanol–water partition coefficient (Wildman–Crippen LogP) is 3.84. The van der Waals surface area contributed by atoms with Crippen LogP contribution >= 0.6 is 11.8 Å². The van der Waals surface area contributed by atoms with Gasteiger partial charge >= 0.3 is 6.03 Å². The van der Waals surface area contributed by atoms with Crippen LogP contribution in [0.25, 0.3) is 22.2 Å². The molecule has 5 rings (SSSR count). The molecule has 160 valence electrons. The topological polar surface area (TPSA) is 90.1 Å². The lowest BCUT2D eigenvalue weighted by atomic mass is 10.0. The van der Waals surface area contributed by atoms with Crippen molar-refractivity contribution in [1.82, 2.24) is 20.2 Å². The van der Waals surface area contributed by atoms with Gasteiger partial charge < -0.3 is 20.5 Å². The van der Waals surface area contributed by atoms with Crippen LogP contribution in [0.3, 0.4) is 0 Å². The standard InChI is InChI=1S/C23H25N5O2S/c29-22(17-5-6-17)27-20-13-19(18-7-8-24-21(18)26-20)16-3-1-15(2-4-16)14-25-23(30)28-9-11-31-12-10-28/h1-4,7-8,13,17H,5-6,9-12,14H2,(H,25,30)(H2,24,26,27,29). The van der Waals surface area contributed by atoms with Crippen molar-refractivity contribution in [2.75, 3.05) is 29.9 Å². The van der Waals surface area contributed by atoms with Gasteiger partial charge in [0.25, 0.3) is 0 Å². The number of carbonyl (C=O) groups excluding carboxylic acids is 2. The molecule has 1 aliphatic heterocycles. The van der Waals surface area contributed by atoms with Crippen LogP contribution in [0.5, 0.6) is 0 Å². The first-order valence-corrected chi connectivity index (χ1v) is 11.8. The molecule has 0 atom stereocenters. The molecule has 0 spiro atoms. The number of aromatic amines is 1. The average Bonchev–Trinajstić information content (AvgIpc) is 3.56. The van der Waals surface area contributed by atoms with E-state index in [1.54, 1.807) is 0 Å². The second-order valence-corrected chi connectivity index (χ2v) is 9.24. The molecule has 1 aromatic carbocycles. The van der Waals surface area contributed by atoms with Crippen LogP contribution in [-0.4, -0.2) is 51.4 Å². The molecule has 2 aromatic heterocycles. The molecule has 0 unspecified atom stereocenters. The van der Waals surface area contributed by atoms with Gasteiger partial charge in [-0.05, 0) is 41.7 Å².